The monoisotopic (exact) mass is 236 g/mol. The van der Waals surface area contributed by atoms with Crippen LogP contribution in [0.1, 0.15) is 19.3 Å². The molecule has 1 aliphatic heterocycles. The highest BCUT2D eigenvalue weighted by Crippen LogP contribution is 2.19. The second-order valence-electron chi connectivity index (χ2n) is 4.87. The number of nitrogens with zero attached hydrogens (tertiary/aromatic N) is 1. The van der Waals surface area contributed by atoms with Gasteiger partial charge in [-0.05, 0) is 50.4 Å². The fourth-order valence-electron chi connectivity index (χ4n) is 2.46. The quantitative estimate of drug-likeness (QED) is 0.845. The molecular weight excluding hydrogens is 215 g/mol. The number of anilines is 1. The first-order valence-corrected chi connectivity index (χ1v) is 6.44. The second kappa shape index (κ2) is 6.01. The van der Waals surface area contributed by atoms with Gasteiger partial charge in [0.05, 0.1) is 5.69 Å². The lowest BCUT2D eigenvalue weighted by Crippen LogP contribution is -2.20. The van der Waals surface area contributed by atoms with Crippen LogP contribution in [0.3, 0.4) is 0 Å². The highest BCUT2D eigenvalue weighted by Gasteiger charge is 2.14. The van der Waals surface area contributed by atoms with Crippen molar-refractivity contribution in [2.75, 3.05) is 31.6 Å². The molecule has 1 unspecified atom stereocenters. The Balaban J connectivity index is 1.77. The maximum absolute atomic E-state index is 13.5. The summed E-state index contributed by atoms with van der Waals surface area (Å²) in [6.07, 6.45) is 3.67. The molecule has 1 fully saturated rings. The molecule has 1 atom stereocenters. The number of para-hydroxylation sites is 1. The number of hydrogen-bond donors (Lipinski definition) is 1. The summed E-state index contributed by atoms with van der Waals surface area (Å²) in [5.41, 5.74) is 0.706. The van der Waals surface area contributed by atoms with Crippen molar-refractivity contribution in [1.29, 1.82) is 0 Å². The molecule has 0 bridgehead atoms. The smallest absolute Gasteiger partial charge is 0.146 e. The normalized spacial score (nSPS) is 19.5. The van der Waals surface area contributed by atoms with Crippen LogP contribution < -0.4 is 10.2 Å². The number of rotatable bonds is 5. The van der Waals surface area contributed by atoms with Crippen LogP contribution in [-0.4, -0.2) is 26.7 Å². The minimum atomic E-state index is -0.127. The summed E-state index contributed by atoms with van der Waals surface area (Å²) in [6, 6.07) is 6.98. The van der Waals surface area contributed by atoms with Gasteiger partial charge >= 0.3 is 0 Å². The zero-order valence-corrected chi connectivity index (χ0v) is 10.5. The average molecular weight is 236 g/mol. The van der Waals surface area contributed by atoms with E-state index < -0.39 is 0 Å². The molecule has 1 heterocycles. The van der Waals surface area contributed by atoms with Gasteiger partial charge < -0.3 is 10.2 Å². The van der Waals surface area contributed by atoms with E-state index in [1.807, 2.05) is 24.1 Å². The van der Waals surface area contributed by atoms with Gasteiger partial charge in [0.2, 0.25) is 0 Å². The summed E-state index contributed by atoms with van der Waals surface area (Å²) < 4.78 is 13.5. The summed E-state index contributed by atoms with van der Waals surface area (Å²) in [4.78, 5) is 2.01. The Morgan fingerprint density at radius 1 is 1.41 bits per heavy atom. The van der Waals surface area contributed by atoms with E-state index in [4.69, 9.17) is 0 Å². The molecule has 0 radical (unpaired) electrons. The molecule has 1 aliphatic rings. The summed E-state index contributed by atoms with van der Waals surface area (Å²) in [5.74, 6) is 0.696. The van der Waals surface area contributed by atoms with E-state index >= 15 is 0 Å². The molecule has 1 saturated heterocycles. The predicted octanol–water partition coefficient (Wildman–Crippen LogP) is 2.65. The van der Waals surface area contributed by atoms with Crippen LogP contribution in [0.2, 0.25) is 0 Å². The summed E-state index contributed by atoms with van der Waals surface area (Å²) in [6.45, 7) is 3.24. The first-order chi connectivity index (χ1) is 8.27. The predicted molar refractivity (Wildman–Crippen MR) is 69.9 cm³/mol. The van der Waals surface area contributed by atoms with Crippen molar-refractivity contribution in [1.82, 2.24) is 5.32 Å². The van der Waals surface area contributed by atoms with Gasteiger partial charge in [0.25, 0.3) is 0 Å². The van der Waals surface area contributed by atoms with Crippen LogP contribution in [0, 0.1) is 11.7 Å². The standard InChI is InChI=1S/C14H21FN2/c1-17(14-7-3-2-6-13(14)15)10-4-5-12-8-9-16-11-12/h2-3,6-7,12,16H,4-5,8-11H2,1H3. The molecule has 0 saturated carbocycles. The van der Waals surface area contributed by atoms with Crippen molar-refractivity contribution < 1.29 is 4.39 Å². The van der Waals surface area contributed by atoms with E-state index in [0.717, 1.165) is 32.0 Å². The third kappa shape index (κ3) is 3.43. The Morgan fingerprint density at radius 3 is 2.94 bits per heavy atom. The van der Waals surface area contributed by atoms with E-state index in [9.17, 15) is 4.39 Å². The molecule has 1 N–H and O–H groups in total. The first-order valence-electron chi connectivity index (χ1n) is 6.44. The third-order valence-corrected chi connectivity index (χ3v) is 3.53. The van der Waals surface area contributed by atoms with Crippen LogP contribution in [0.25, 0.3) is 0 Å². The van der Waals surface area contributed by atoms with Gasteiger partial charge in [-0.1, -0.05) is 12.1 Å². The summed E-state index contributed by atoms with van der Waals surface area (Å²) in [5, 5.41) is 3.38. The fraction of sp³-hybridized carbons (Fsp3) is 0.571. The Labute approximate surface area is 103 Å². The zero-order valence-electron chi connectivity index (χ0n) is 10.5. The molecule has 94 valence electrons. The molecule has 0 spiro atoms. The van der Waals surface area contributed by atoms with Gasteiger partial charge in [0.1, 0.15) is 5.82 Å². The van der Waals surface area contributed by atoms with Crippen molar-refractivity contribution >= 4 is 5.69 Å². The number of hydrogen-bond acceptors (Lipinski definition) is 2. The third-order valence-electron chi connectivity index (χ3n) is 3.53. The molecule has 17 heavy (non-hydrogen) atoms. The molecule has 0 amide bonds. The fourth-order valence-corrected chi connectivity index (χ4v) is 2.46. The summed E-state index contributed by atoms with van der Waals surface area (Å²) in [7, 11) is 1.96. The van der Waals surface area contributed by atoms with Crippen LogP contribution in [-0.2, 0) is 0 Å². The minimum absolute atomic E-state index is 0.127. The van der Waals surface area contributed by atoms with Gasteiger partial charge in [0.15, 0.2) is 0 Å². The van der Waals surface area contributed by atoms with Gasteiger partial charge in [-0.3, -0.25) is 0 Å². The van der Waals surface area contributed by atoms with Crippen molar-refractivity contribution in [2.45, 2.75) is 19.3 Å². The Hall–Kier alpha value is -1.09. The van der Waals surface area contributed by atoms with Crippen LogP contribution >= 0.6 is 0 Å². The number of benzene rings is 1. The van der Waals surface area contributed by atoms with Gasteiger partial charge in [0, 0.05) is 13.6 Å². The zero-order chi connectivity index (χ0) is 12.1. The van der Waals surface area contributed by atoms with E-state index in [0.29, 0.717) is 5.69 Å². The Morgan fingerprint density at radius 2 is 2.24 bits per heavy atom. The highest BCUT2D eigenvalue weighted by atomic mass is 19.1. The molecular formula is C14H21FN2. The molecule has 1 aromatic rings. The topological polar surface area (TPSA) is 15.3 Å². The van der Waals surface area contributed by atoms with E-state index in [1.165, 1.54) is 18.9 Å². The molecule has 2 rings (SSSR count). The molecule has 0 aromatic heterocycles. The SMILES string of the molecule is CN(CCCC1CCNC1)c1ccccc1F. The average Bonchev–Trinajstić information content (AvgIpc) is 2.82. The Kier molecular flexibility index (Phi) is 4.37. The van der Waals surface area contributed by atoms with Crippen LogP contribution in [0.5, 0.6) is 0 Å². The molecule has 0 aliphatic carbocycles. The summed E-state index contributed by atoms with van der Waals surface area (Å²) >= 11 is 0. The first kappa shape index (κ1) is 12.4. The maximum atomic E-state index is 13.5. The minimum Gasteiger partial charge on any atom is -0.372 e. The lowest BCUT2D eigenvalue weighted by atomic mass is 10.0. The van der Waals surface area contributed by atoms with Crippen molar-refractivity contribution in [3.05, 3.63) is 30.1 Å². The lowest BCUT2D eigenvalue weighted by molar-refractivity contribution is 0.509. The van der Waals surface area contributed by atoms with E-state index in [2.05, 4.69) is 5.32 Å². The molecule has 1 aromatic carbocycles. The van der Waals surface area contributed by atoms with Crippen molar-refractivity contribution in [3.63, 3.8) is 0 Å². The number of halogens is 1. The van der Waals surface area contributed by atoms with Crippen molar-refractivity contribution in [2.24, 2.45) is 5.92 Å². The highest BCUT2D eigenvalue weighted by molar-refractivity contribution is 5.46. The van der Waals surface area contributed by atoms with Crippen LogP contribution in [0.15, 0.2) is 24.3 Å². The van der Waals surface area contributed by atoms with E-state index in [1.54, 1.807) is 6.07 Å². The molecule has 2 nitrogen and oxygen atoms in total. The van der Waals surface area contributed by atoms with Gasteiger partial charge in [-0.25, -0.2) is 4.39 Å². The van der Waals surface area contributed by atoms with Gasteiger partial charge in [-0.2, -0.15) is 0 Å². The second-order valence-corrected chi connectivity index (χ2v) is 4.87. The largest absolute Gasteiger partial charge is 0.372 e. The van der Waals surface area contributed by atoms with Crippen molar-refractivity contribution in [3.8, 4) is 0 Å². The molecule has 3 heteroatoms. The lowest BCUT2D eigenvalue weighted by Gasteiger charge is -2.20. The number of nitrogens with one attached hydrogen (secondary N) is 1. The maximum Gasteiger partial charge on any atom is 0.146 e. The van der Waals surface area contributed by atoms with Gasteiger partial charge in [-0.15, -0.1) is 0 Å². The Bertz CT molecular complexity index is 348. The van der Waals surface area contributed by atoms with Crippen LogP contribution in [0.4, 0.5) is 10.1 Å². The van der Waals surface area contributed by atoms with E-state index in [-0.39, 0.29) is 5.82 Å².